The van der Waals surface area contributed by atoms with Crippen molar-refractivity contribution in [2.45, 2.75) is 75.8 Å². The predicted molar refractivity (Wildman–Crippen MR) is 164 cm³/mol. The van der Waals surface area contributed by atoms with Crippen molar-refractivity contribution in [3.63, 3.8) is 0 Å². The van der Waals surface area contributed by atoms with Gasteiger partial charge in [0, 0.05) is 31.1 Å². The summed E-state index contributed by atoms with van der Waals surface area (Å²) in [6, 6.07) is 31.0. The van der Waals surface area contributed by atoms with Crippen LogP contribution in [0, 0.1) is 0 Å². The van der Waals surface area contributed by atoms with Crippen molar-refractivity contribution in [1.29, 1.82) is 0 Å². The molecule has 3 aromatic rings. The molecule has 0 bridgehead atoms. The minimum Gasteiger partial charge on any atom is -0.491 e. The van der Waals surface area contributed by atoms with Gasteiger partial charge in [-0.3, -0.25) is 4.79 Å². The van der Waals surface area contributed by atoms with Gasteiger partial charge in [0.05, 0.1) is 12.7 Å². The summed E-state index contributed by atoms with van der Waals surface area (Å²) in [4.78, 5) is 13.5. The topological polar surface area (TPSA) is 63.2 Å². The number of ketones is 1. The lowest BCUT2D eigenvalue weighted by molar-refractivity contribution is -0.316. The van der Waals surface area contributed by atoms with Gasteiger partial charge in [0.15, 0.2) is 17.7 Å². The van der Waals surface area contributed by atoms with Crippen LogP contribution in [0.15, 0.2) is 103 Å². The van der Waals surface area contributed by atoms with Gasteiger partial charge in [0.25, 0.3) is 8.32 Å². The van der Waals surface area contributed by atoms with Crippen LogP contribution in [-0.2, 0) is 28.2 Å². The van der Waals surface area contributed by atoms with Gasteiger partial charge in [-0.15, -0.1) is 0 Å². The molecule has 7 heteroatoms. The van der Waals surface area contributed by atoms with E-state index >= 15 is 0 Å². The Hall–Kier alpha value is -3.07. The lowest BCUT2D eigenvalue weighted by atomic mass is 9.82. The first-order chi connectivity index (χ1) is 20.2. The van der Waals surface area contributed by atoms with Crippen LogP contribution in [0.5, 0.6) is 0 Å². The maximum Gasteiger partial charge on any atom is 0.261 e. The summed E-state index contributed by atoms with van der Waals surface area (Å²) in [7, 11) is -2.69. The molecule has 0 N–H and O–H groups in total. The summed E-state index contributed by atoms with van der Waals surface area (Å²) in [5, 5.41) is 2.32. The van der Waals surface area contributed by atoms with Crippen molar-refractivity contribution in [1.82, 2.24) is 0 Å². The summed E-state index contributed by atoms with van der Waals surface area (Å²) in [6.45, 7) is 9.41. The van der Waals surface area contributed by atoms with Crippen molar-refractivity contribution in [2.75, 3.05) is 13.2 Å². The van der Waals surface area contributed by atoms with Gasteiger partial charge in [-0.2, -0.15) is 0 Å². The smallest absolute Gasteiger partial charge is 0.261 e. The molecule has 3 aromatic carbocycles. The van der Waals surface area contributed by atoms with Crippen LogP contribution in [0.3, 0.4) is 0 Å². The molecule has 5 atom stereocenters. The first kappa shape index (κ1) is 29.0. The molecule has 0 aliphatic carbocycles. The lowest BCUT2D eigenvalue weighted by Crippen LogP contribution is -2.66. The second-order valence-electron chi connectivity index (χ2n) is 12.6. The van der Waals surface area contributed by atoms with E-state index < -0.39 is 26.3 Å². The largest absolute Gasteiger partial charge is 0.491 e. The highest BCUT2D eigenvalue weighted by Crippen LogP contribution is 2.42. The average molecular weight is 585 g/mol. The first-order valence-electron chi connectivity index (χ1n) is 14.9. The van der Waals surface area contributed by atoms with Gasteiger partial charge in [-0.25, -0.2) is 0 Å². The Bertz CT molecular complexity index is 1360. The van der Waals surface area contributed by atoms with E-state index in [0.717, 1.165) is 5.56 Å². The Morgan fingerprint density at radius 2 is 1.48 bits per heavy atom. The number of benzene rings is 3. The number of carbonyl (C=O) groups is 1. The van der Waals surface area contributed by atoms with Gasteiger partial charge >= 0.3 is 0 Å². The van der Waals surface area contributed by atoms with Crippen LogP contribution in [0.25, 0.3) is 0 Å². The highest BCUT2D eigenvalue weighted by molar-refractivity contribution is 6.99. The van der Waals surface area contributed by atoms with Gasteiger partial charge in [-0.05, 0) is 22.3 Å². The molecule has 2 fully saturated rings. The summed E-state index contributed by atoms with van der Waals surface area (Å²) < 4.78 is 32.2. The van der Waals surface area contributed by atoms with E-state index in [1.165, 1.54) is 10.4 Å². The van der Waals surface area contributed by atoms with Crippen LogP contribution in [0.2, 0.25) is 5.04 Å². The zero-order valence-electron chi connectivity index (χ0n) is 24.8. The van der Waals surface area contributed by atoms with Gasteiger partial charge in [0.1, 0.15) is 18.0 Å². The Morgan fingerprint density at radius 1 is 0.881 bits per heavy atom. The van der Waals surface area contributed by atoms with Crippen LogP contribution >= 0.6 is 0 Å². The molecule has 3 heterocycles. The average Bonchev–Trinajstić information content (AvgIpc) is 2.99. The summed E-state index contributed by atoms with van der Waals surface area (Å²) in [6.07, 6.45) is 1.17. The minimum absolute atomic E-state index is 0.0807. The Kier molecular flexibility index (Phi) is 7.98. The molecule has 3 aliphatic rings. The van der Waals surface area contributed by atoms with E-state index in [-0.39, 0.29) is 23.0 Å². The zero-order chi connectivity index (χ0) is 29.4. The highest BCUT2D eigenvalue weighted by Gasteiger charge is 2.56. The van der Waals surface area contributed by atoms with Gasteiger partial charge in [-0.1, -0.05) is 112 Å². The SMILES string of the molecule is CC(C)(C)[Si](OCCC1=CC(=O)[C@]2(C)O[C@@H]3COC(c4ccccc4)O[C@H]3C[C@H]2O1)(c1ccccc1)c1ccccc1. The fourth-order valence-corrected chi connectivity index (χ4v) is 11.1. The fourth-order valence-electron chi connectivity index (χ4n) is 6.58. The molecule has 0 aromatic heterocycles. The summed E-state index contributed by atoms with van der Waals surface area (Å²) in [5.41, 5.74) is -0.110. The number of rotatable bonds is 7. The summed E-state index contributed by atoms with van der Waals surface area (Å²) in [5.74, 6) is 0.553. The number of carbonyl (C=O) groups excluding carboxylic acids is 1. The van der Waals surface area contributed by atoms with Crippen LogP contribution < -0.4 is 10.4 Å². The van der Waals surface area contributed by atoms with E-state index in [1.807, 2.05) is 49.4 Å². The van der Waals surface area contributed by atoms with Crippen molar-refractivity contribution >= 4 is 24.5 Å². The Labute approximate surface area is 249 Å². The third kappa shape index (κ3) is 5.29. The summed E-state index contributed by atoms with van der Waals surface area (Å²) >= 11 is 0. The third-order valence-corrected chi connectivity index (χ3v) is 13.9. The number of hydrogen-bond donors (Lipinski definition) is 0. The molecule has 0 spiro atoms. The number of hydrogen-bond acceptors (Lipinski definition) is 6. The molecular weight excluding hydrogens is 544 g/mol. The molecule has 3 aliphatic heterocycles. The quantitative estimate of drug-likeness (QED) is 0.344. The molecular formula is C35H40O6Si. The third-order valence-electron chi connectivity index (χ3n) is 8.81. The zero-order valence-corrected chi connectivity index (χ0v) is 25.8. The Balaban J connectivity index is 1.19. The van der Waals surface area contributed by atoms with Gasteiger partial charge < -0.3 is 23.4 Å². The van der Waals surface area contributed by atoms with Crippen molar-refractivity contribution < 1.29 is 28.2 Å². The molecule has 0 radical (unpaired) electrons. The van der Waals surface area contributed by atoms with E-state index in [9.17, 15) is 4.79 Å². The fraction of sp³-hybridized carbons (Fsp3) is 0.400. The van der Waals surface area contributed by atoms with Gasteiger partial charge in [0.2, 0.25) is 0 Å². The molecule has 42 heavy (non-hydrogen) atoms. The molecule has 6 rings (SSSR count). The van der Waals surface area contributed by atoms with Crippen LogP contribution in [-0.4, -0.2) is 51.2 Å². The van der Waals surface area contributed by atoms with Crippen LogP contribution in [0.1, 0.15) is 52.4 Å². The first-order valence-corrected chi connectivity index (χ1v) is 16.8. The molecule has 2 saturated heterocycles. The van der Waals surface area contributed by atoms with E-state index in [0.29, 0.717) is 31.8 Å². The number of ether oxygens (including phenoxy) is 4. The number of fused-ring (bicyclic) bond motifs is 2. The van der Waals surface area contributed by atoms with E-state index in [4.69, 9.17) is 23.4 Å². The molecule has 0 amide bonds. The highest BCUT2D eigenvalue weighted by atomic mass is 28.4. The predicted octanol–water partition coefficient (Wildman–Crippen LogP) is 5.47. The van der Waals surface area contributed by atoms with Crippen LogP contribution in [0.4, 0.5) is 0 Å². The van der Waals surface area contributed by atoms with Crippen molar-refractivity contribution in [2.24, 2.45) is 0 Å². The molecule has 0 saturated carbocycles. The Morgan fingerprint density at radius 3 is 2.07 bits per heavy atom. The van der Waals surface area contributed by atoms with E-state index in [1.54, 1.807) is 6.08 Å². The van der Waals surface area contributed by atoms with E-state index in [2.05, 4.69) is 69.3 Å². The van der Waals surface area contributed by atoms with Crippen molar-refractivity contribution in [3.8, 4) is 0 Å². The second kappa shape index (κ2) is 11.5. The molecule has 220 valence electrons. The monoisotopic (exact) mass is 584 g/mol. The molecule has 1 unspecified atom stereocenters. The lowest BCUT2D eigenvalue weighted by Gasteiger charge is -2.50. The normalized spacial score (nSPS) is 27.8. The molecule has 6 nitrogen and oxygen atoms in total. The minimum atomic E-state index is -2.69. The maximum absolute atomic E-state index is 13.5. The standard InChI is InChI=1S/C35H40O6Si/c1-34(2,3)42(27-16-10-6-11-17-27,28-18-12-7-13-19-28)38-21-20-26-22-31(36)35(4)32(39-26)23-29-30(41-35)24-37-33(40-29)25-14-8-5-9-15-25/h5-19,22,29-30,32-33H,20-21,23-24H2,1-4H3/t29-,30+,32+,33?,35-/m0/s1. The maximum atomic E-state index is 13.5. The van der Waals surface area contributed by atoms with Crippen molar-refractivity contribution in [3.05, 3.63) is 108 Å². The second-order valence-corrected chi connectivity index (χ2v) is 16.9.